The molecule has 21 heavy (non-hydrogen) atoms. The number of rotatable bonds is 2. The van der Waals surface area contributed by atoms with E-state index in [4.69, 9.17) is 9.47 Å². The van der Waals surface area contributed by atoms with Gasteiger partial charge in [0.2, 0.25) is 0 Å². The number of benzene rings is 1. The van der Waals surface area contributed by atoms with Crippen LogP contribution in [0.2, 0.25) is 0 Å². The van der Waals surface area contributed by atoms with Gasteiger partial charge in [-0.05, 0) is 40.9 Å². The van der Waals surface area contributed by atoms with Gasteiger partial charge in [0.25, 0.3) is 0 Å². The maximum Gasteiger partial charge on any atom is 0.140 e. The average molecular weight is 350 g/mol. The SMILES string of the molecule is COc1ccc2c(N3CC[C@@H]4OCCC43)ncnc2c1Br. The summed E-state index contributed by atoms with van der Waals surface area (Å²) in [5, 5.41) is 1.05. The van der Waals surface area contributed by atoms with Crippen LogP contribution < -0.4 is 9.64 Å². The van der Waals surface area contributed by atoms with Gasteiger partial charge < -0.3 is 14.4 Å². The fraction of sp³-hybridized carbons (Fsp3) is 0.467. The number of aromatic nitrogens is 2. The minimum Gasteiger partial charge on any atom is -0.495 e. The predicted molar refractivity (Wildman–Crippen MR) is 83.9 cm³/mol. The molecular formula is C15H16BrN3O2. The van der Waals surface area contributed by atoms with Gasteiger partial charge in [-0.2, -0.15) is 0 Å². The lowest BCUT2D eigenvalue weighted by Crippen LogP contribution is -2.32. The Morgan fingerprint density at radius 3 is 3.10 bits per heavy atom. The van der Waals surface area contributed by atoms with Crippen molar-refractivity contribution < 1.29 is 9.47 Å². The van der Waals surface area contributed by atoms with Crippen LogP contribution in [0.3, 0.4) is 0 Å². The molecule has 2 aromatic rings. The van der Waals surface area contributed by atoms with E-state index in [1.807, 2.05) is 12.1 Å². The molecule has 0 radical (unpaired) electrons. The molecule has 0 N–H and O–H groups in total. The molecule has 5 nitrogen and oxygen atoms in total. The molecule has 0 spiro atoms. The number of methoxy groups -OCH3 is 1. The Hall–Kier alpha value is -1.40. The topological polar surface area (TPSA) is 47.5 Å². The van der Waals surface area contributed by atoms with Crippen molar-refractivity contribution in [3.05, 3.63) is 22.9 Å². The second-order valence-electron chi connectivity index (χ2n) is 5.42. The Labute approximate surface area is 131 Å². The largest absolute Gasteiger partial charge is 0.495 e. The van der Waals surface area contributed by atoms with Crippen LogP contribution in [0.1, 0.15) is 12.8 Å². The van der Waals surface area contributed by atoms with Crippen LogP contribution in [0.15, 0.2) is 22.9 Å². The van der Waals surface area contributed by atoms with E-state index in [9.17, 15) is 0 Å². The van der Waals surface area contributed by atoms with Gasteiger partial charge in [0.15, 0.2) is 0 Å². The van der Waals surface area contributed by atoms with E-state index in [0.717, 1.165) is 52.9 Å². The van der Waals surface area contributed by atoms with Gasteiger partial charge in [-0.1, -0.05) is 0 Å². The highest BCUT2D eigenvalue weighted by Crippen LogP contribution is 2.38. The molecule has 1 unspecified atom stereocenters. The zero-order valence-electron chi connectivity index (χ0n) is 11.8. The first-order valence-corrected chi connectivity index (χ1v) is 7.94. The Balaban J connectivity index is 1.84. The van der Waals surface area contributed by atoms with E-state index in [-0.39, 0.29) is 0 Å². The lowest BCUT2D eigenvalue weighted by molar-refractivity contribution is 0.113. The fourth-order valence-electron chi connectivity index (χ4n) is 3.41. The standard InChI is InChI=1S/C15H16BrN3O2/c1-20-12-3-2-9-14(13(12)16)17-8-18-15(9)19-6-4-11-10(19)5-7-21-11/h2-3,8,10-11H,4-7H2,1H3/t10?,11-/m0/s1. The van der Waals surface area contributed by atoms with Crippen molar-refractivity contribution in [2.75, 3.05) is 25.2 Å². The van der Waals surface area contributed by atoms with Gasteiger partial charge in [-0.15, -0.1) is 0 Å². The number of fused-ring (bicyclic) bond motifs is 2. The number of hydrogen-bond acceptors (Lipinski definition) is 5. The minimum atomic E-state index is 0.358. The quantitative estimate of drug-likeness (QED) is 0.834. The van der Waals surface area contributed by atoms with Crippen molar-refractivity contribution in [3.8, 4) is 5.75 Å². The summed E-state index contributed by atoms with van der Waals surface area (Å²) in [5.74, 6) is 1.79. The fourth-order valence-corrected chi connectivity index (χ4v) is 4.02. The van der Waals surface area contributed by atoms with Crippen LogP contribution in [0.5, 0.6) is 5.75 Å². The molecule has 0 bridgehead atoms. The highest BCUT2D eigenvalue weighted by Gasteiger charge is 2.39. The molecule has 2 fully saturated rings. The number of halogens is 1. The molecule has 0 amide bonds. The van der Waals surface area contributed by atoms with Crippen molar-refractivity contribution in [1.82, 2.24) is 9.97 Å². The van der Waals surface area contributed by atoms with Gasteiger partial charge in [0.05, 0.1) is 29.2 Å². The van der Waals surface area contributed by atoms with Crippen LogP contribution in [0.4, 0.5) is 5.82 Å². The van der Waals surface area contributed by atoms with Crippen LogP contribution >= 0.6 is 15.9 Å². The lowest BCUT2D eigenvalue weighted by Gasteiger charge is -2.25. The molecule has 2 aliphatic heterocycles. The smallest absolute Gasteiger partial charge is 0.140 e. The van der Waals surface area contributed by atoms with Gasteiger partial charge in [-0.25, -0.2) is 9.97 Å². The highest BCUT2D eigenvalue weighted by atomic mass is 79.9. The third kappa shape index (κ3) is 2.00. The Morgan fingerprint density at radius 1 is 1.33 bits per heavy atom. The van der Waals surface area contributed by atoms with Gasteiger partial charge >= 0.3 is 0 Å². The maximum absolute atomic E-state index is 5.79. The Morgan fingerprint density at radius 2 is 2.24 bits per heavy atom. The summed E-state index contributed by atoms with van der Waals surface area (Å²) >= 11 is 3.58. The van der Waals surface area contributed by atoms with Crippen molar-refractivity contribution in [2.24, 2.45) is 0 Å². The van der Waals surface area contributed by atoms with Gasteiger partial charge in [0.1, 0.15) is 17.9 Å². The maximum atomic E-state index is 5.79. The molecule has 2 atom stereocenters. The summed E-state index contributed by atoms with van der Waals surface area (Å²) in [7, 11) is 1.66. The molecule has 1 aromatic carbocycles. The molecule has 110 valence electrons. The average Bonchev–Trinajstić information content (AvgIpc) is 3.10. The third-order valence-electron chi connectivity index (χ3n) is 4.41. The molecule has 6 heteroatoms. The Bertz CT molecular complexity index is 694. The number of ether oxygens (including phenoxy) is 2. The molecule has 0 saturated carbocycles. The van der Waals surface area contributed by atoms with Crippen LogP contribution in [-0.2, 0) is 4.74 Å². The van der Waals surface area contributed by atoms with Crippen molar-refractivity contribution in [1.29, 1.82) is 0 Å². The Kier molecular flexibility index (Phi) is 3.23. The summed E-state index contributed by atoms with van der Waals surface area (Å²) in [6, 6.07) is 4.44. The van der Waals surface area contributed by atoms with Crippen LogP contribution in [0.25, 0.3) is 10.9 Å². The zero-order chi connectivity index (χ0) is 14.4. The van der Waals surface area contributed by atoms with E-state index in [0.29, 0.717) is 12.1 Å². The minimum absolute atomic E-state index is 0.358. The van der Waals surface area contributed by atoms with Gasteiger partial charge in [-0.3, -0.25) is 0 Å². The van der Waals surface area contributed by atoms with Crippen molar-refractivity contribution in [2.45, 2.75) is 25.0 Å². The monoisotopic (exact) mass is 349 g/mol. The second-order valence-corrected chi connectivity index (χ2v) is 6.22. The van der Waals surface area contributed by atoms with E-state index in [1.165, 1.54) is 0 Å². The molecule has 1 aromatic heterocycles. The highest BCUT2D eigenvalue weighted by molar-refractivity contribution is 9.10. The number of anilines is 1. The lowest BCUT2D eigenvalue weighted by atomic mass is 10.1. The molecule has 3 heterocycles. The first-order chi connectivity index (χ1) is 10.3. The molecule has 0 aliphatic carbocycles. The summed E-state index contributed by atoms with van der Waals surface area (Å²) in [4.78, 5) is 11.3. The molecule has 2 aliphatic rings. The predicted octanol–water partition coefficient (Wildman–Crippen LogP) is 2.77. The van der Waals surface area contributed by atoms with E-state index >= 15 is 0 Å². The number of nitrogens with zero attached hydrogens (tertiary/aromatic N) is 3. The number of hydrogen-bond donors (Lipinski definition) is 0. The van der Waals surface area contributed by atoms with E-state index in [1.54, 1.807) is 13.4 Å². The molecule has 4 rings (SSSR count). The van der Waals surface area contributed by atoms with Crippen molar-refractivity contribution in [3.63, 3.8) is 0 Å². The molecular weight excluding hydrogens is 334 g/mol. The summed E-state index contributed by atoms with van der Waals surface area (Å²) in [6.07, 6.45) is 4.14. The van der Waals surface area contributed by atoms with Crippen LogP contribution in [-0.4, -0.2) is 42.4 Å². The third-order valence-corrected chi connectivity index (χ3v) is 5.18. The zero-order valence-corrected chi connectivity index (χ0v) is 13.3. The van der Waals surface area contributed by atoms with Gasteiger partial charge in [0, 0.05) is 18.5 Å². The van der Waals surface area contributed by atoms with E-state index < -0.39 is 0 Å². The van der Waals surface area contributed by atoms with Crippen molar-refractivity contribution >= 4 is 32.7 Å². The normalized spacial score (nSPS) is 24.6. The first kappa shape index (κ1) is 13.3. The van der Waals surface area contributed by atoms with E-state index in [2.05, 4.69) is 30.8 Å². The summed E-state index contributed by atoms with van der Waals surface area (Å²) in [5.41, 5.74) is 0.890. The summed E-state index contributed by atoms with van der Waals surface area (Å²) in [6.45, 7) is 1.84. The second kappa shape index (κ2) is 5.10. The summed E-state index contributed by atoms with van der Waals surface area (Å²) < 4.78 is 12.0. The van der Waals surface area contributed by atoms with Crippen LogP contribution in [0, 0.1) is 0 Å². The molecule has 2 saturated heterocycles. The first-order valence-electron chi connectivity index (χ1n) is 7.15.